The number of hydrogen-bond acceptors (Lipinski definition) is 4. The van der Waals surface area contributed by atoms with Crippen LogP contribution in [0.15, 0.2) is 0 Å². The second-order valence-electron chi connectivity index (χ2n) is 6.83. The molecule has 5 heteroatoms. The SMILES string of the molecule is O=C(CN1CCOCC1)Nc1c2c(nc3c1CCC3)CCCC2. The Morgan fingerprint density at radius 3 is 2.43 bits per heavy atom. The molecule has 1 fully saturated rings. The second-order valence-corrected chi connectivity index (χ2v) is 6.83. The summed E-state index contributed by atoms with van der Waals surface area (Å²) in [7, 11) is 0. The third-order valence-electron chi connectivity index (χ3n) is 5.24. The van der Waals surface area contributed by atoms with Gasteiger partial charge in [0.2, 0.25) is 5.91 Å². The van der Waals surface area contributed by atoms with Crippen LogP contribution in [-0.4, -0.2) is 48.6 Å². The highest BCUT2D eigenvalue weighted by atomic mass is 16.5. The number of morpholine rings is 1. The first-order valence-electron chi connectivity index (χ1n) is 8.95. The predicted molar refractivity (Wildman–Crippen MR) is 88.8 cm³/mol. The largest absolute Gasteiger partial charge is 0.379 e. The number of pyridine rings is 1. The average Bonchev–Trinajstić information content (AvgIpc) is 3.04. The van der Waals surface area contributed by atoms with Gasteiger partial charge >= 0.3 is 0 Å². The van der Waals surface area contributed by atoms with Gasteiger partial charge in [-0.2, -0.15) is 0 Å². The van der Waals surface area contributed by atoms with Gasteiger partial charge in [-0.25, -0.2) is 0 Å². The van der Waals surface area contributed by atoms with Crippen LogP contribution in [-0.2, 0) is 35.2 Å². The number of anilines is 1. The lowest BCUT2D eigenvalue weighted by Crippen LogP contribution is -2.41. The van der Waals surface area contributed by atoms with Crippen LogP contribution in [0.2, 0.25) is 0 Å². The van der Waals surface area contributed by atoms with E-state index in [1.807, 2.05) is 0 Å². The lowest BCUT2D eigenvalue weighted by atomic mass is 9.92. The smallest absolute Gasteiger partial charge is 0.238 e. The van der Waals surface area contributed by atoms with Gasteiger partial charge in [0.15, 0.2) is 0 Å². The quantitative estimate of drug-likeness (QED) is 0.923. The van der Waals surface area contributed by atoms with Gasteiger partial charge < -0.3 is 10.1 Å². The van der Waals surface area contributed by atoms with Crippen LogP contribution in [0.1, 0.15) is 41.8 Å². The average molecular weight is 315 g/mol. The van der Waals surface area contributed by atoms with Crippen LogP contribution in [0, 0.1) is 0 Å². The van der Waals surface area contributed by atoms with Gasteiger partial charge in [0.05, 0.1) is 25.4 Å². The van der Waals surface area contributed by atoms with Gasteiger partial charge in [-0.3, -0.25) is 14.7 Å². The van der Waals surface area contributed by atoms with Gasteiger partial charge in [-0.15, -0.1) is 0 Å². The number of nitrogens with zero attached hydrogens (tertiary/aromatic N) is 2. The maximum Gasteiger partial charge on any atom is 0.238 e. The molecule has 124 valence electrons. The Bertz CT molecular complexity index is 609. The first-order chi connectivity index (χ1) is 11.3. The standard InChI is InChI=1S/C18H25N3O2/c22-17(12-21-8-10-23-11-9-21)20-18-13-4-1-2-6-15(13)19-16-7-3-5-14(16)18/h1-12H2,(H,19,20,22). The number of nitrogens with one attached hydrogen (secondary N) is 1. The molecule has 1 saturated heterocycles. The molecule has 0 radical (unpaired) electrons. The topological polar surface area (TPSA) is 54.5 Å². The van der Waals surface area contributed by atoms with E-state index >= 15 is 0 Å². The van der Waals surface area contributed by atoms with Crippen LogP contribution < -0.4 is 5.32 Å². The van der Waals surface area contributed by atoms with E-state index in [-0.39, 0.29) is 5.91 Å². The molecule has 1 aromatic heterocycles. The summed E-state index contributed by atoms with van der Waals surface area (Å²) in [5, 5.41) is 3.26. The minimum atomic E-state index is 0.111. The lowest BCUT2D eigenvalue weighted by Gasteiger charge is -2.27. The molecule has 2 heterocycles. The van der Waals surface area contributed by atoms with Crippen molar-refractivity contribution in [1.29, 1.82) is 0 Å². The summed E-state index contributed by atoms with van der Waals surface area (Å²) < 4.78 is 5.35. The highest BCUT2D eigenvalue weighted by Gasteiger charge is 2.26. The van der Waals surface area contributed by atoms with Crippen molar-refractivity contribution < 1.29 is 9.53 Å². The zero-order valence-electron chi connectivity index (χ0n) is 13.7. The van der Waals surface area contributed by atoms with E-state index in [4.69, 9.17) is 9.72 Å². The zero-order valence-corrected chi connectivity index (χ0v) is 13.7. The molecule has 1 N–H and O–H groups in total. The monoisotopic (exact) mass is 315 g/mol. The summed E-state index contributed by atoms with van der Waals surface area (Å²) in [6, 6.07) is 0. The Morgan fingerprint density at radius 2 is 1.65 bits per heavy atom. The fraction of sp³-hybridized carbons (Fsp3) is 0.667. The molecule has 1 amide bonds. The number of aryl methyl sites for hydroxylation is 2. The Labute approximate surface area is 137 Å². The third-order valence-corrected chi connectivity index (χ3v) is 5.24. The van der Waals surface area contributed by atoms with Crippen molar-refractivity contribution >= 4 is 11.6 Å². The van der Waals surface area contributed by atoms with Crippen LogP contribution in [0.3, 0.4) is 0 Å². The summed E-state index contributed by atoms with van der Waals surface area (Å²) in [5.41, 5.74) is 6.19. The van der Waals surface area contributed by atoms with Crippen molar-refractivity contribution in [2.24, 2.45) is 0 Å². The lowest BCUT2D eigenvalue weighted by molar-refractivity contribution is -0.118. The van der Waals surface area contributed by atoms with Crippen molar-refractivity contribution in [2.45, 2.75) is 44.9 Å². The molecule has 0 saturated carbocycles. The summed E-state index contributed by atoms with van der Waals surface area (Å²) in [6.45, 7) is 3.62. The molecule has 3 aliphatic rings. The maximum atomic E-state index is 12.6. The minimum absolute atomic E-state index is 0.111. The molecule has 0 spiro atoms. The molecule has 23 heavy (non-hydrogen) atoms. The van der Waals surface area contributed by atoms with Crippen molar-refractivity contribution in [3.8, 4) is 0 Å². The molecule has 1 aromatic rings. The number of rotatable bonds is 3. The first-order valence-corrected chi connectivity index (χ1v) is 8.95. The predicted octanol–water partition coefficient (Wildman–Crippen LogP) is 1.72. The van der Waals surface area contributed by atoms with Gasteiger partial charge in [0.1, 0.15) is 0 Å². The van der Waals surface area contributed by atoms with E-state index in [0.29, 0.717) is 6.54 Å². The van der Waals surface area contributed by atoms with Crippen molar-refractivity contribution in [1.82, 2.24) is 9.88 Å². The number of hydrogen-bond donors (Lipinski definition) is 1. The maximum absolute atomic E-state index is 12.6. The van der Waals surface area contributed by atoms with Gasteiger partial charge in [0.25, 0.3) is 0 Å². The second kappa shape index (κ2) is 6.57. The van der Waals surface area contributed by atoms with Crippen molar-refractivity contribution in [2.75, 3.05) is 38.2 Å². The van der Waals surface area contributed by atoms with E-state index in [0.717, 1.165) is 64.1 Å². The molecular formula is C18H25N3O2. The fourth-order valence-corrected chi connectivity index (χ4v) is 4.04. The van der Waals surface area contributed by atoms with Crippen molar-refractivity contribution in [3.05, 3.63) is 22.5 Å². The van der Waals surface area contributed by atoms with Crippen LogP contribution in [0.4, 0.5) is 5.69 Å². The number of carbonyl (C=O) groups excluding carboxylic acids is 1. The van der Waals surface area contributed by atoms with E-state index in [1.165, 1.54) is 35.4 Å². The van der Waals surface area contributed by atoms with Crippen LogP contribution in [0.25, 0.3) is 0 Å². The number of fused-ring (bicyclic) bond motifs is 2. The third kappa shape index (κ3) is 3.12. The number of carbonyl (C=O) groups is 1. The summed E-state index contributed by atoms with van der Waals surface area (Å²) >= 11 is 0. The highest BCUT2D eigenvalue weighted by molar-refractivity contribution is 5.94. The number of ether oxygens (including phenoxy) is 1. The molecule has 0 aromatic carbocycles. The number of amides is 1. The van der Waals surface area contributed by atoms with Gasteiger partial charge in [-0.05, 0) is 56.1 Å². The van der Waals surface area contributed by atoms with Crippen molar-refractivity contribution in [3.63, 3.8) is 0 Å². The molecular weight excluding hydrogens is 290 g/mol. The summed E-state index contributed by atoms with van der Waals surface area (Å²) in [6.07, 6.45) is 7.84. The van der Waals surface area contributed by atoms with Crippen LogP contribution >= 0.6 is 0 Å². The molecule has 0 unspecified atom stereocenters. The van der Waals surface area contributed by atoms with Gasteiger partial charge in [0, 0.05) is 24.5 Å². The zero-order chi connectivity index (χ0) is 15.6. The van der Waals surface area contributed by atoms with Crippen LogP contribution in [0.5, 0.6) is 0 Å². The van der Waals surface area contributed by atoms with E-state index in [1.54, 1.807) is 0 Å². The molecule has 4 rings (SSSR count). The Morgan fingerprint density at radius 1 is 1.00 bits per heavy atom. The molecule has 0 bridgehead atoms. The van der Waals surface area contributed by atoms with E-state index in [2.05, 4.69) is 10.2 Å². The normalized spacial score (nSPS) is 20.9. The van der Waals surface area contributed by atoms with Gasteiger partial charge in [-0.1, -0.05) is 0 Å². The Kier molecular flexibility index (Phi) is 4.31. The Balaban J connectivity index is 1.55. The summed E-state index contributed by atoms with van der Waals surface area (Å²) in [5.74, 6) is 0.111. The molecule has 5 nitrogen and oxygen atoms in total. The highest BCUT2D eigenvalue weighted by Crippen LogP contribution is 2.35. The Hall–Kier alpha value is -1.46. The number of aromatic nitrogens is 1. The molecule has 1 aliphatic heterocycles. The summed E-state index contributed by atoms with van der Waals surface area (Å²) in [4.78, 5) is 19.6. The van der Waals surface area contributed by atoms with E-state index < -0.39 is 0 Å². The molecule has 2 aliphatic carbocycles. The minimum Gasteiger partial charge on any atom is -0.379 e. The first kappa shape index (κ1) is 15.1. The fourth-order valence-electron chi connectivity index (χ4n) is 4.04. The van der Waals surface area contributed by atoms with E-state index in [9.17, 15) is 4.79 Å². The molecule has 0 atom stereocenters.